The normalized spacial score (nSPS) is 18.5. The van der Waals surface area contributed by atoms with Gasteiger partial charge in [0.2, 0.25) is 5.91 Å². The molecule has 0 saturated heterocycles. The largest absolute Gasteiger partial charge is 0.369 e. The van der Waals surface area contributed by atoms with E-state index in [1.54, 1.807) is 0 Å². The van der Waals surface area contributed by atoms with Crippen molar-refractivity contribution >= 4 is 16.8 Å². The van der Waals surface area contributed by atoms with Crippen LogP contribution < -0.4 is 5.73 Å². The predicted molar refractivity (Wildman–Crippen MR) is 77.1 cm³/mol. The molecule has 1 unspecified atom stereocenters. The first-order chi connectivity index (χ1) is 9.11. The van der Waals surface area contributed by atoms with Crippen LogP contribution in [0.25, 0.3) is 10.9 Å². The number of carbonyl (C=O) groups excluding carboxylic acids is 1. The summed E-state index contributed by atoms with van der Waals surface area (Å²) in [6.07, 6.45) is 2.65. The summed E-state index contributed by atoms with van der Waals surface area (Å²) in [6, 6.07) is 6.60. The van der Waals surface area contributed by atoms with Crippen molar-refractivity contribution in [2.75, 3.05) is 0 Å². The quantitative estimate of drug-likeness (QED) is 0.882. The van der Waals surface area contributed by atoms with Gasteiger partial charge < -0.3 is 10.3 Å². The lowest BCUT2D eigenvalue weighted by molar-refractivity contribution is -0.122. The van der Waals surface area contributed by atoms with E-state index in [0.717, 1.165) is 25.8 Å². The van der Waals surface area contributed by atoms with Crippen LogP contribution in [0.2, 0.25) is 0 Å². The molecule has 0 bridgehead atoms. The maximum Gasteiger partial charge on any atom is 0.220 e. The Balaban J connectivity index is 2.22. The molecule has 1 aromatic heterocycles. The molecule has 1 heterocycles. The summed E-state index contributed by atoms with van der Waals surface area (Å²) in [7, 11) is 0. The zero-order valence-electron chi connectivity index (χ0n) is 11.6. The van der Waals surface area contributed by atoms with Crippen molar-refractivity contribution in [3.05, 3.63) is 35.0 Å². The molecule has 3 nitrogen and oxygen atoms in total. The van der Waals surface area contributed by atoms with Crippen molar-refractivity contribution in [2.24, 2.45) is 11.7 Å². The van der Waals surface area contributed by atoms with Gasteiger partial charge in [-0.2, -0.15) is 0 Å². The standard InChI is InChI=1S/C16H20N2O/c1-3-18-14-6-4-10(2)8-12(14)13-9-11(16(17)19)5-7-15(13)18/h4,6,8,11H,3,5,7,9H2,1-2H3,(H2,17,19). The molecule has 0 fully saturated rings. The van der Waals surface area contributed by atoms with Gasteiger partial charge >= 0.3 is 0 Å². The maximum atomic E-state index is 11.5. The van der Waals surface area contributed by atoms with Crippen molar-refractivity contribution < 1.29 is 4.79 Å². The molecule has 1 aliphatic carbocycles. The number of carbonyl (C=O) groups is 1. The van der Waals surface area contributed by atoms with Crippen molar-refractivity contribution in [2.45, 2.75) is 39.7 Å². The summed E-state index contributed by atoms with van der Waals surface area (Å²) in [5.74, 6) is -0.153. The lowest BCUT2D eigenvalue weighted by atomic mass is 9.86. The Kier molecular flexibility index (Phi) is 2.85. The smallest absolute Gasteiger partial charge is 0.220 e. The Morgan fingerprint density at radius 3 is 2.95 bits per heavy atom. The number of hydrogen-bond acceptors (Lipinski definition) is 1. The minimum Gasteiger partial charge on any atom is -0.369 e. The summed E-state index contributed by atoms with van der Waals surface area (Å²) in [4.78, 5) is 11.5. The molecular weight excluding hydrogens is 236 g/mol. The maximum absolute atomic E-state index is 11.5. The van der Waals surface area contributed by atoms with Crippen LogP contribution in [0.3, 0.4) is 0 Å². The third-order valence-electron chi connectivity index (χ3n) is 4.34. The van der Waals surface area contributed by atoms with Crippen LogP contribution in [0, 0.1) is 12.8 Å². The average Bonchev–Trinajstić information content (AvgIpc) is 2.71. The highest BCUT2D eigenvalue weighted by atomic mass is 16.1. The fourth-order valence-electron chi connectivity index (χ4n) is 3.37. The number of aryl methyl sites for hydroxylation is 2. The molecule has 0 aliphatic heterocycles. The van der Waals surface area contributed by atoms with Crippen LogP contribution in [0.1, 0.15) is 30.2 Å². The number of rotatable bonds is 2. The molecule has 1 aromatic carbocycles. The second kappa shape index (κ2) is 4.41. The minimum atomic E-state index is -0.157. The van der Waals surface area contributed by atoms with Gasteiger partial charge in [0.25, 0.3) is 0 Å². The number of amides is 1. The van der Waals surface area contributed by atoms with E-state index in [1.807, 2.05) is 0 Å². The topological polar surface area (TPSA) is 48.0 Å². The third-order valence-corrected chi connectivity index (χ3v) is 4.34. The number of nitrogens with two attached hydrogens (primary N) is 1. The van der Waals surface area contributed by atoms with E-state index in [9.17, 15) is 4.79 Å². The monoisotopic (exact) mass is 256 g/mol. The molecule has 1 amide bonds. The number of primary amides is 1. The van der Waals surface area contributed by atoms with E-state index in [1.165, 1.54) is 27.7 Å². The Morgan fingerprint density at radius 1 is 1.47 bits per heavy atom. The lowest BCUT2D eigenvalue weighted by Crippen LogP contribution is -2.28. The molecule has 2 N–H and O–H groups in total. The molecule has 2 aromatic rings. The van der Waals surface area contributed by atoms with Gasteiger partial charge in [-0.1, -0.05) is 11.6 Å². The van der Waals surface area contributed by atoms with Crippen LogP contribution >= 0.6 is 0 Å². The SMILES string of the molecule is CCn1c2c(c3cc(C)ccc31)CC(C(N)=O)CC2. The van der Waals surface area contributed by atoms with E-state index in [4.69, 9.17) is 5.73 Å². The summed E-state index contributed by atoms with van der Waals surface area (Å²) < 4.78 is 2.39. The van der Waals surface area contributed by atoms with Crippen molar-refractivity contribution in [1.82, 2.24) is 4.57 Å². The Hall–Kier alpha value is -1.77. The first kappa shape index (κ1) is 12.3. The second-order valence-electron chi connectivity index (χ2n) is 5.53. The predicted octanol–water partition coefficient (Wildman–Crippen LogP) is 2.56. The van der Waals surface area contributed by atoms with Crippen molar-refractivity contribution in [3.63, 3.8) is 0 Å². The molecule has 0 spiro atoms. The molecule has 100 valence electrons. The molecule has 1 atom stereocenters. The van der Waals surface area contributed by atoms with Gasteiger partial charge in [0.1, 0.15) is 0 Å². The van der Waals surface area contributed by atoms with E-state index in [-0.39, 0.29) is 11.8 Å². The first-order valence-corrected chi connectivity index (χ1v) is 7.01. The molecule has 0 radical (unpaired) electrons. The Labute approximate surface area is 113 Å². The van der Waals surface area contributed by atoms with E-state index < -0.39 is 0 Å². The number of hydrogen-bond donors (Lipinski definition) is 1. The fourth-order valence-corrected chi connectivity index (χ4v) is 3.37. The van der Waals surface area contributed by atoms with E-state index >= 15 is 0 Å². The molecule has 19 heavy (non-hydrogen) atoms. The van der Waals surface area contributed by atoms with Gasteiger partial charge in [-0.05, 0) is 50.8 Å². The second-order valence-corrected chi connectivity index (χ2v) is 5.53. The first-order valence-electron chi connectivity index (χ1n) is 7.01. The van der Waals surface area contributed by atoms with Crippen LogP contribution in [-0.4, -0.2) is 10.5 Å². The highest BCUT2D eigenvalue weighted by molar-refractivity contribution is 5.88. The molecule has 3 heteroatoms. The minimum absolute atomic E-state index is 0.00363. The lowest BCUT2D eigenvalue weighted by Gasteiger charge is -2.21. The summed E-state index contributed by atoms with van der Waals surface area (Å²) >= 11 is 0. The zero-order chi connectivity index (χ0) is 13.6. The number of nitrogens with zero attached hydrogens (tertiary/aromatic N) is 1. The van der Waals surface area contributed by atoms with Gasteiger partial charge in [0, 0.05) is 29.1 Å². The van der Waals surface area contributed by atoms with Gasteiger partial charge in [-0.15, -0.1) is 0 Å². The van der Waals surface area contributed by atoms with Crippen LogP contribution in [-0.2, 0) is 24.2 Å². The number of aromatic nitrogens is 1. The van der Waals surface area contributed by atoms with E-state index in [0.29, 0.717) is 0 Å². The van der Waals surface area contributed by atoms with Crippen molar-refractivity contribution in [3.8, 4) is 0 Å². The van der Waals surface area contributed by atoms with Crippen LogP contribution in [0.15, 0.2) is 18.2 Å². The van der Waals surface area contributed by atoms with E-state index in [2.05, 4.69) is 36.6 Å². The molecule has 3 rings (SSSR count). The van der Waals surface area contributed by atoms with Crippen LogP contribution in [0.4, 0.5) is 0 Å². The average molecular weight is 256 g/mol. The molecule has 0 saturated carbocycles. The van der Waals surface area contributed by atoms with Crippen molar-refractivity contribution in [1.29, 1.82) is 0 Å². The van der Waals surface area contributed by atoms with Gasteiger partial charge in [-0.25, -0.2) is 0 Å². The Bertz CT molecular complexity index is 654. The summed E-state index contributed by atoms with van der Waals surface area (Å²) in [5, 5.41) is 1.31. The van der Waals surface area contributed by atoms with Crippen LogP contribution in [0.5, 0.6) is 0 Å². The Morgan fingerprint density at radius 2 is 2.26 bits per heavy atom. The summed E-state index contributed by atoms with van der Waals surface area (Å²) in [6.45, 7) is 5.28. The highest BCUT2D eigenvalue weighted by Gasteiger charge is 2.27. The third kappa shape index (κ3) is 1.84. The molecule has 1 aliphatic rings. The van der Waals surface area contributed by atoms with Gasteiger partial charge in [-0.3, -0.25) is 4.79 Å². The van der Waals surface area contributed by atoms with Gasteiger partial charge in [0.15, 0.2) is 0 Å². The summed E-state index contributed by atoms with van der Waals surface area (Å²) in [5.41, 5.74) is 10.8. The fraction of sp³-hybridized carbons (Fsp3) is 0.438. The number of fused-ring (bicyclic) bond motifs is 3. The highest BCUT2D eigenvalue weighted by Crippen LogP contribution is 2.34. The zero-order valence-corrected chi connectivity index (χ0v) is 11.6. The number of benzene rings is 1. The van der Waals surface area contributed by atoms with Gasteiger partial charge in [0.05, 0.1) is 0 Å². The molecular formula is C16H20N2O.